The van der Waals surface area contributed by atoms with Crippen LogP contribution in [-0.4, -0.2) is 42.4 Å². The largest absolute Gasteiger partial charge is 0.491 e. The fraction of sp³-hybridized carbons (Fsp3) is 0.333. The van der Waals surface area contributed by atoms with Crippen LogP contribution in [0.15, 0.2) is 51.8 Å². The van der Waals surface area contributed by atoms with Gasteiger partial charge in [0.2, 0.25) is 10.0 Å². The number of hydroxylamine groups is 2. The Morgan fingerprint density at radius 1 is 1.17 bits per heavy atom. The van der Waals surface area contributed by atoms with Gasteiger partial charge in [0.1, 0.15) is 5.69 Å². The maximum atomic E-state index is 14.7. The van der Waals surface area contributed by atoms with Crippen molar-refractivity contribution in [1.29, 1.82) is 0 Å². The van der Waals surface area contributed by atoms with Crippen LogP contribution in [0.3, 0.4) is 0 Å². The first kappa shape index (κ1) is 25.6. The van der Waals surface area contributed by atoms with E-state index in [9.17, 15) is 22.8 Å². The lowest BCUT2D eigenvalue weighted by molar-refractivity contribution is -0.0854. The maximum absolute atomic E-state index is 14.7. The number of aromatic nitrogens is 1. The summed E-state index contributed by atoms with van der Waals surface area (Å²) in [6.07, 6.45) is 2.16. The SMILES string of the molecule is CCOc1ccc(-c2nc(C3CCC(N(O)C(N)=O)CC3)oc2-c2ccc(S(N)(=O)=O)cc2)cc1F. The highest BCUT2D eigenvalue weighted by atomic mass is 32.2. The third kappa shape index (κ3) is 5.35. The Morgan fingerprint density at radius 3 is 2.36 bits per heavy atom. The number of sulfonamides is 1. The number of carbonyl (C=O) groups is 1. The van der Waals surface area contributed by atoms with Gasteiger partial charge in [-0.05, 0) is 75.1 Å². The number of urea groups is 1. The van der Waals surface area contributed by atoms with Crippen molar-refractivity contribution < 1.29 is 32.0 Å². The molecule has 0 bridgehead atoms. The standard InChI is InChI=1S/C24H27FN4O6S/c1-2-34-20-12-7-16(13-19(20)25)21-22(14-5-10-18(11-6-14)36(27,32)33)35-23(28-21)15-3-8-17(9-4-15)29(31)24(26)30/h5-7,10-13,15,17,31H,2-4,8-9H2,1H3,(H2,26,30)(H2,27,32,33). The van der Waals surface area contributed by atoms with E-state index < -0.39 is 27.9 Å². The van der Waals surface area contributed by atoms with Gasteiger partial charge in [-0.1, -0.05) is 0 Å². The van der Waals surface area contributed by atoms with Crippen LogP contribution in [0.2, 0.25) is 0 Å². The van der Waals surface area contributed by atoms with Gasteiger partial charge >= 0.3 is 6.03 Å². The van der Waals surface area contributed by atoms with Gasteiger partial charge in [-0.25, -0.2) is 32.8 Å². The van der Waals surface area contributed by atoms with E-state index >= 15 is 0 Å². The summed E-state index contributed by atoms with van der Waals surface area (Å²) in [5, 5.41) is 15.6. The molecule has 0 saturated heterocycles. The van der Waals surface area contributed by atoms with Crippen LogP contribution in [-0.2, 0) is 10.0 Å². The van der Waals surface area contributed by atoms with Gasteiger partial charge in [0.05, 0.1) is 17.5 Å². The number of ether oxygens (including phenoxy) is 1. The zero-order valence-corrected chi connectivity index (χ0v) is 20.4. The van der Waals surface area contributed by atoms with Crippen LogP contribution >= 0.6 is 0 Å². The number of benzene rings is 2. The molecule has 1 aromatic heterocycles. The second-order valence-corrected chi connectivity index (χ2v) is 10.1. The Balaban J connectivity index is 1.71. The van der Waals surface area contributed by atoms with Gasteiger partial charge in [-0.15, -0.1) is 0 Å². The van der Waals surface area contributed by atoms with E-state index in [2.05, 4.69) is 4.98 Å². The number of oxazole rings is 1. The van der Waals surface area contributed by atoms with E-state index in [1.807, 2.05) is 0 Å². The Bertz CT molecular complexity index is 1350. The molecule has 192 valence electrons. The van der Waals surface area contributed by atoms with Gasteiger partial charge in [-0.3, -0.25) is 5.21 Å². The Morgan fingerprint density at radius 2 is 1.81 bits per heavy atom. The van der Waals surface area contributed by atoms with E-state index in [1.54, 1.807) is 25.1 Å². The molecule has 0 aliphatic heterocycles. The Hall–Kier alpha value is -3.48. The second-order valence-electron chi connectivity index (χ2n) is 8.57. The smallest absolute Gasteiger partial charge is 0.338 e. The van der Waals surface area contributed by atoms with Crippen LogP contribution < -0.4 is 15.6 Å². The molecule has 10 nitrogen and oxygen atoms in total. The highest BCUT2D eigenvalue weighted by Crippen LogP contribution is 2.40. The summed E-state index contributed by atoms with van der Waals surface area (Å²) in [5.74, 6) is 0.227. The zero-order chi connectivity index (χ0) is 26.0. The molecule has 0 atom stereocenters. The van der Waals surface area contributed by atoms with Gasteiger partial charge in [-0.2, -0.15) is 0 Å². The molecule has 5 N–H and O–H groups in total. The number of hydrogen-bond donors (Lipinski definition) is 3. The molecule has 1 heterocycles. The lowest BCUT2D eigenvalue weighted by Gasteiger charge is -2.30. The number of hydrogen-bond acceptors (Lipinski definition) is 7. The van der Waals surface area contributed by atoms with Gasteiger partial charge < -0.3 is 14.9 Å². The number of halogens is 1. The third-order valence-corrected chi connectivity index (χ3v) is 7.14. The number of amides is 2. The summed E-state index contributed by atoms with van der Waals surface area (Å²) in [5.41, 5.74) is 6.55. The van der Waals surface area contributed by atoms with E-state index in [-0.39, 0.29) is 16.6 Å². The number of primary sulfonamides is 1. The quantitative estimate of drug-likeness (QED) is 0.314. The van der Waals surface area contributed by atoms with E-state index in [0.717, 1.165) is 0 Å². The molecule has 0 spiro atoms. The first-order valence-corrected chi connectivity index (χ1v) is 13.0. The number of nitrogens with zero attached hydrogens (tertiary/aromatic N) is 2. The molecular formula is C24H27FN4O6S. The molecule has 0 radical (unpaired) electrons. The van der Waals surface area contributed by atoms with Crippen LogP contribution in [0, 0.1) is 5.82 Å². The summed E-state index contributed by atoms with van der Waals surface area (Å²) in [7, 11) is -3.88. The number of nitrogens with two attached hydrogens (primary N) is 2. The van der Waals surface area contributed by atoms with Crippen molar-refractivity contribution >= 4 is 16.1 Å². The number of primary amides is 1. The van der Waals surface area contributed by atoms with Crippen LogP contribution in [0.25, 0.3) is 22.6 Å². The van der Waals surface area contributed by atoms with E-state index in [0.29, 0.717) is 65.8 Å². The molecular weight excluding hydrogens is 491 g/mol. The normalized spacial score (nSPS) is 18.1. The van der Waals surface area contributed by atoms with Crippen molar-refractivity contribution in [3.8, 4) is 28.3 Å². The fourth-order valence-electron chi connectivity index (χ4n) is 4.37. The van der Waals surface area contributed by atoms with Gasteiger partial charge in [0, 0.05) is 17.0 Å². The fourth-order valence-corrected chi connectivity index (χ4v) is 4.88. The van der Waals surface area contributed by atoms with Crippen molar-refractivity contribution in [3.63, 3.8) is 0 Å². The van der Waals surface area contributed by atoms with Crippen molar-refractivity contribution in [2.45, 2.75) is 49.5 Å². The lowest BCUT2D eigenvalue weighted by atomic mass is 9.86. The summed E-state index contributed by atoms with van der Waals surface area (Å²) < 4.78 is 49.4. The van der Waals surface area contributed by atoms with E-state index in [4.69, 9.17) is 20.0 Å². The van der Waals surface area contributed by atoms with Crippen LogP contribution in [0.4, 0.5) is 9.18 Å². The minimum Gasteiger partial charge on any atom is -0.491 e. The zero-order valence-electron chi connectivity index (χ0n) is 19.6. The summed E-state index contributed by atoms with van der Waals surface area (Å²) in [6, 6.07) is 9.02. The minimum atomic E-state index is -3.88. The molecule has 12 heteroatoms. The molecule has 3 aromatic rings. The monoisotopic (exact) mass is 518 g/mol. The number of carbonyl (C=O) groups excluding carboxylic acids is 1. The molecule has 2 amide bonds. The third-order valence-electron chi connectivity index (χ3n) is 6.21. The van der Waals surface area contributed by atoms with Gasteiger partial charge in [0.25, 0.3) is 0 Å². The van der Waals surface area contributed by atoms with Crippen LogP contribution in [0.5, 0.6) is 5.75 Å². The highest BCUT2D eigenvalue weighted by Gasteiger charge is 2.31. The lowest BCUT2D eigenvalue weighted by Crippen LogP contribution is -2.42. The second kappa shape index (κ2) is 10.2. The Kier molecular flexibility index (Phi) is 7.29. The molecule has 36 heavy (non-hydrogen) atoms. The first-order chi connectivity index (χ1) is 17.1. The van der Waals surface area contributed by atoms with E-state index in [1.165, 1.54) is 24.3 Å². The molecule has 1 saturated carbocycles. The van der Waals surface area contributed by atoms with Crippen LogP contribution in [0.1, 0.15) is 44.4 Å². The molecule has 4 rings (SSSR count). The van der Waals surface area contributed by atoms with Gasteiger partial charge in [0.15, 0.2) is 23.2 Å². The maximum Gasteiger partial charge on any atom is 0.338 e. The summed E-state index contributed by atoms with van der Waals surface area (Å²) in [4.78, 5) is 15.9. The van der Waals surface area contributed by atoms with Crippen molar-refractivity contribution in [3.05, 3.63) is 54.2 Å². The summed E-state index contributed by atoms with van der Waals surface area (Å²) >= 11 is 0. The minimum absolute atomic E-state index is 0.0546. The average molecular weight is 519 g/mol. The molecule has 1 fully saturated rings. The highest BCUT2D eigenvalue weighted by molar-refractivity contribution is 7.89. The molecule has 1 aliphatic carbocycles. The van der Waals surface area contributed by atoms with Crippen molar-refractivity contribution in [1.82, 2.24) is 10.0 Å². The molecule has 0 unspecified atom stereocenters. The van der Waals surface area contributed by atoms with Crippen molar-refractivity contribution in [2.24, 2.45) is 10.9 Å². The average Bonchev–Trinajstić information content (AvgIpc) is 3.30. The molecule has 1 aliphatic rings. The topological polar surface area (TPSA) is 162 Å². The molecule has 2 aromatic carbocycles. The van der Waals surface area contributed by atoms with Crippen molar-refractivity contribution in [2.75, 3.05) is 6.61 Å². The predicted octanol–water partition coefficient (Wildman–Crippen LogP) is 3.99. The Labute approximate surface area is 207 Å². The first-order valence-electron chi connectivity index (χ1n) is 11.4. The summed E-state index contributed by atoms with van der Waals surface area (Å²) in [6.45, 7) is 2.07. The number of rotatable bonds is 7. The predicted molar refractivity (Wildman–Crippen MR) is 128 cm³/mol.